The molecule has 2 aromatic carbocycles. The molecule has 3 rings (SSSR count). The number of H-pyrrole nitrogens is 1. The van der Waals surface area contributed by atoms with Crippen molar-refractivity contribution in [2.24, 2.45) is 0 Å². The molecular weight excluding hydrogens is 464 g/mol. The third-order valence-electron chi connectivity index (χ3n) is 5.03. The quantitative estimate of drug-likeness (QED) is 0.415. The molecule has 1 heterocycles. The van der Waals surface area contributed by atoms with Crippen LogP contribution in [0.3, 0.4) is 0 Å². The molecule has 36 heavy (non-hydrogen) atoms. The zero-order valence-electron chi connectivity index (χ0n) is 21.6. The van der Waals surface area contributed by atoms with Gasteiger partial charge in [-0.2, -0.15) is 0 Å². The number of carbonyl (C=O) groups excluding carboxylic acids is 3. The molecule has 0 saturated carbocycles. The summed E-state index contributed by atoms with van der Waals surface area (Å²) in [5.74, 6) is -0.903. The predicted molar refractivity (Wildman–Crippen MR) is 137 cm³/mol. The lowest BCUT2D eigenvalue weighted by molar-refractivity contribution is -0.116. The van der Waals surface area contributed by atoms with E-state index in [0.717, 1.165) is 4.90 Å². The second-order valence-corrected chi connectivity index (χ2v) is 9.48. The van der Waals surface area contributed by atoms with Crippen molar-refractivity contribution < 1.29 is 33.7 Å². The fraction of sp³-hybridized carbons (Fsp3) is 0.370. The number of aromatic hydroxyl groups is 1. The van der Waals surface area contributed by atoms with Crippen molar-refractivity contribution in [2.75, 3.05) is 11.5 Å². The normalized spacial score (nSPS) is 11.4. The molecule has 192 valence electrons. The summed E-state index contributed by atoms with van der Waals surface area (Å²) < 4.78 is 16.4. The third-order valence-corrected chi connectivity index (χ3v) is 5.03. The number of aromatic amines is 1. The molecular formula is C27H32N2O7. The van der Waals surface area contributed by atoms with Crippen molar-refractivity contribution in [3.63, 3.8) is 0 Å². The number of phenolic OH excluding ortho intramolecular Hbond substituents is 1. The van der Waals surface area contributed by atoms with Gasteiger partial charge in [-0.05, 0) is 71.4 Å². The number of imide groups is 1. The van der Waals surface area contributed by atoms with E-state index in [0.29, 0.717) is 22.4 Å². The van der Waals surface area contributed by atoms with Crippen LogP contribution in [-0.2, 0) is 14.3 Å². The Kier molecular flexibility index (Phi) is 7.62. The van der Waals surface area contributed by atoms with Gasteiger partial charge < -0.3 is 24.3 Å². The topological polar surface area (TPSA) is 118 Å². The lowest BCUT2D eigenvalue weighted by atomic mass is 9.98. The van der Waals surface area contributed by atoms with Gasteiger partial charge in [0.1, 0.15) is 17.1 Å². The van der Waals surface area contributed by atoms with Gasteiger partial charge in [-0.3, -0.25) is 4.79 Å². The Morgan fingerprint density at radius 1 is 1.06 bits per heavy atom. The van der Waals surface area contributed by atoms with Crippen molar-refractivity contribution in [1.29, 1.82) is 0 Å². The van der Waals surface area contributed by atoms with E-state index in [-0.39, 0.29) is 35.2 Å². The lowest BCUT2D eigenvalue weighted by Gasteiger charge is -2.26. The molecule has 0 aliphatic rings. The smallest absolute Gasteiger partial charge is 0.421 e. The van der Waals surface area contributed by atoms with Crippen molar-refractivity contribution in [1.82, 2.24) is 4.98 Å². The first-order valence-electron chi connectivity index (χ1n) is 11.7. The van der Waals surface area contributed by atoms with Gasteiger partial charge in [-0.25, -0.2) is 14.5 Å². The van der Waals surface area contributed by atoms with E-state index in [4.69, 9.17) is 14.2 Å². The minimum Gasteiger partial charge on any atom is -0.507 e. The molecule has 2 N–H and O–H groups in total. The Hall–Kier alpha value is -4.01. The van der Waals surface area contributed by atoms with E-state index >= 15 is 0 Å². The van der Waals surface area contributed by atoms with Gasteiger partial charge in [0.25, 0.3) is 0 Å². The Bertz CT molecular complexity index is 1280. The summed E-state index contributed by atoms with van der Waals surface area (Å²) in [5, 5.41) is 11.2. The first-order valence-corrected chi connectivity index (χ1v) is 11.7. The van der Waals surface area contributed by atoms with E-state index in [2.05, 4.69) is 4.98 Å². The van der Waals surface area contributed by atoms with Crippen LogP contribution >= 0.6 is 0 Å². The summed E-state index contributed by atoms with van der Waals surface area (Å²) in [6.07, 6.45) is -0.981. The Labute approximate surface area is 210 Å². The van der Waals surface area contributed by atoms with Gasteiger partial charge >= 0.3 is 12.1 Å². The number of amides is 2. The number of esters is 1. The largest absolute Gasteiger partial charge is 0.507 e. The number of benzene rings is 2. The molecule has 0 unspecified atom stereocenters. The second-order valence-electron chi connectivity index (χ2n) is 9.48. The fourth-order valence-electron chi connectivity index (χ4n) is 3.78. The van der Waals surface area contributed by atoms with Crippen LogP contribution in [0.5, 0.6) is 11.5 Å². The van der Waals surface area contributed by atoms with E-state index in [9.17, 15) is 19.5 Å². The number of rotatable bonds is 6. The number of hydrogen-bond donors (Lipinski definition) is 2. The molecule has 0 saturated heterocycles. The standard InChI is InChI=1S/C27H32N2O7/c1-8-34-25(32)23-24(29(16(4)30)26(33)36-27(5,6)7)22-19(28-23)13-14-20(31)21(22)17-9-11-18(12-10-17)35-15(2)3/h9-15,28,31H,8H2,1-7H3. The number of aromatic nitrogens is 1. The number of hydrogen-bond acceptors (Lipinski definition) is 7. The first kappa shape index (κ1) is 26.6. The summed E-state index contributed by atoms with van der Waals surface area (Å²) in [7, 11) is 0. The molecule has 9 heteroatoms. The Morgan fingerprint density at radius 3 is 2.22 bits per heavy atom. The van der Waals surface area contributed by atoms with Gasteiger partial charge in [-0.1, -0.05) is 12.1 Å². The van der Waals surface area contributed by atoms with Gasteiger partial charge in [0.2, 0.25) is 5.91 Å². The highest BCUT2D eigenvalue weighted by Crippen LogP contribution is 2.44. The molecule has 0 aliphatic carbocycles. The average molecular weight is 497 g/mol. The van der Waals surface area contributed by atoms with Crippen LogP contribution in [-0.4, -0.2) is 46.4 Å². The number of nitrogens with one attached hydrogen (secondary N) is 1. The van der Waals surface area contributed by atoms with Crippen molar-refractivity contribution >= 4 is 34.6 Å². The fourth-order valence-corrected chi connectivity index (χ4v) is 3.78. The maximum atomic E-state index is 13.2. The highest BCUT2D eigenvalue weighted by molar-refractivity contribution is 6.23. The maximum absolute atomic E-state index is 13.2. The Morgan fingerprint density at radius 2 is 1.69 bits per heavy atom. The summed E-state index contributed by atoms with van der Waals surface area (Å²) in [5.41, 5.74) is 0.243. The van der Waals surface area contributed by atoms with E-state index in [1.54, 1.807) is 58.0 Å². The number of carbonyl (C=O) groups is 3. The highest BCUT2D eigenvalue weighted by atomic mass is 16.6. The zero-order chi connectivity index (χ0) is 26.8. The SMILES string of the molecule is CCOC(=O)c1[nH]c2ccc(O)c(-c3ccc(OC(C)C)cc3)c2c1N(C(C)=O)C(=O)OC(C)(C)C. The lowest BCUT2D eigenvalue weighted by Crippen LogP contribution is -2.40. The summed E-state index contributed by atoms with van der Waals surface area (Å²) >= 11 is 0. The predicted octanol–water partition coefficient (Wildman–Crippen LogP) is 5.79. The van der Waals surface area contributed by atoms with Gasteiger partial charge in [0.05, 0.1) is 18.4 Å². The van der Waals surface area contributed by atoms with Gasteiger partial charge in [0, 0.05) is 23.4 Å². The molecule has 0 spiro atoms. The molecule has 3 aromatic rings. The van der Waals surface area contributed by atoms with Gasteiger partial charge in [0.15, 0.2) is 5.69 Å². The van der Waals surface area contributed by atoms with E-state index in [1.807, 2.05) is 13.8 Å². The van der Waals surface area contributed by atoms with Crippen molar-refractivity contribution in [3.8, 4) is 22.6 Å². The number of nitrogens with zero attached hydrogens (tertiary/aromatic N) is 1. The molecule has 1 aromatic heterocycles. The first-order chi connectivity index (χ1) is 16.8. The van der Waals surface area contributed by atoms with Crippen LogP contribution in [0.4, 0.5) is 10.5 Å². The van der Waals surface area contributed by atoms with Crippen molar-refractivity contribution in [3.05, 3.63) is 42.1 Å². The van der Waals surface area contributed by atoms with Gasteiger partial charge in [-0.15, -0.1) is 0 Å². The van der Waals surface area contributed by atoms with Crippen LogP contribution in [0.25, 0.3) is 22.0 Å². The zero-order valence-corrected chi connectivity index (χ0v) is 21.6. The van der Waals surface area contributed by atoms with Crippen molar-refractivity contribution in [2.45, 2.75) is 60.2 Å². The Balaban J connectivity index is 2.34. The molecule has 0 aliphatic heterocycles. The second kappa shape index (κ2) is 10.3. The minimum atomic E-state index is -0.962. The molecule has 0 fully saturated rings. The minimum absolute atomic E-state index is 0.0194. The highest BCUT2D eigenvalue weighted by Gasteiger charge is 2.35. The monoisotopic (exact) mass is 496 g/mol. The number of phenols is 1. The number of anilines is 1. The molecule has 0 radical (unpaired) electrons. The summed E-state index contributed by atoms with van der Waals surface area (Å²) in [6.45, 7) is 11.8. The number of ether oxygens (including phenoxy) is 3. The van der Waals surface area contributed by atoms with Crippen LogP contribution in [0.15, 0.2) is 36.4 Å². The van der Waals surface area contributed by atoms with Crippen LogP contribution in [0, 0.1) is 0 Å². The van der Waals surface area contributed by atoms with E-state index in [1.165, 1.54) is 13.0 Å². The average Bonchev–Trinajstić information content (AvgIpc) is 3.12. The molecule has 0 atom stereocenters. The molecule has 2 amide bonds. The summed E-state index contributed by atoms with van der Waals surface area (Å²) in [6, 6.07) is 10.0. The van der Waals surface area contributed by atoms with Crippen LogP contribution in [0.2, 0.25) is 0 Å². The van der Waals surface area contributed by atoms with Crippen LogP contribution in [0.1, 0.15) is 59.0 Å². The maximum Gasteiger partial charge on any atom is 0.421 e. The summed E-state index contributed by atoms with van der Waals surface area (Å²) in [4.78, 5) is 42.7. The third kappa shape index (κ3) is 5.62. The van der Waals surface area contributed by atoms with E-state index < -0.39 is 23.6 Å². The molecule has 9 nitrogen and oxygen atoms in total. The van der Waals surface area contributed by atoms with Crippen LogP contribution < -0.4 is 9.64 Å². The number of fused-ring (bicyclic) bond motifs is 1. The molecule has 0 bridgehead atoms.